The predicted octanol–water partition coefficient (Wildman–Crippen LogP) is 1.63. The van der Waals surface area contributed by atoms with Gasteiger partial charge in [-0.2, -0.15) is 0 Å². The van der Waals surface area contributed by atoms with Gasteiger partial charge in [0.05, 0.1) is 13.2 Å². The van der Waals surface area contributed by atoms with Gasteiger partial charge in [-0.15, -0.1) is 0 Å². The van der Waals surface area contributed by atoms with E-state index in [0.29, 0.717) is 19.5 Å². The van der Waals surface area contributed by atoms with Gasteiger partial charge in [0, 0.05) is 19.5 Å². The van der Waals surface area contributed by atoms with Gasteiger partial charge in [0.1, 0.15) is 0 Å². The van der Waals surface area contributed by atoms with Crippen LogP contribution in [0.2, 0.25) is 0 Å². The molecular weight excluding hydrogens is 246 g/mol. The number of carboxylic acid groups (broad SMARTS) is 1. The lowest BCUT2D eigenvalue weighted by molar-refractivity contribution is -0.137. The summed E-state index contributed by atoms with van der Waals surface area (Å²) in [5.41, 5.74) is 0. The van der Waals surface area contributed by atoms with Crippen molar-refractivity contribution in [3.63, 3.8) is 0 Å². The fourth-order valence-electron chi connectivity index (χ4n) is 1.47. The van der Waals surface area contributed by atoms with Gasteiger partial charge in [-0.1, -0.05) is 39.5 Å². The van der Waals surface area contributed by atoms with Crippen molar-refractivity contribution in [1.82, 2.24) is 5.32 Å². The largest absolute Gasteiger partial charge is 0.481 e. The third-order valence-corrected chi connectivity index (χ3v) is 2.50. The Balaban J connectivity index is 0. The third kappa shape index (κ3) is 26.8. The standard InChI is InChI=1S/C10H20O2.C4H11NO2/c1-9(2)7-5-3-4-6-8-10(11)12;6-3-1-5-2-4-7/h9H,3-8H2,1-2H3,(H,11,12);5-7H,1-4H2. The van der Waals surface area contributed by atoms with Crippen LogP contribution in [0.1, 0.15) is 52.4 Å². The first-order valence-corrected chi connectivity index (χ1v) is 7.18. The first-order chi connectivity index (χ1) is 9.04. The summed E-state index contributed by atoms with van der Waals surface area (Å²) in [6.07, 6.45) is 5.95. The summed E-state index contributed by atoms with van der Waals surface area (Å²) in [6, 6.07) is 0. The molecule has 0 aromatic carbocycles. The van der Waals surface area contributed by atoms with Crippen molar-refractivity contribution in [2.24, 2.45) is 5.92 Å². The molecule has 0 spiro atoms. The van der Waals surface area contributed by atoms with Crippen molar-refractivity contribution in [3.8, 4) is 0 Å². The van der Waals surface area contributed by atoms with E-state index in [9.17, 15) is 4.79 Å². The second-order valence-corrected chi connectivity index (χ2v) is 4.94. The van der Waals surface area contributed by atoms with E-state index >= 15 is 0 Å². The Morgan fingerprint density at radius 3 is 1.95 bits per heavy atom. The zero-order valence-electron chi connectivity index (χ0n) is 12.4. The van der Waals surface area contributed by atoms with Gasteiger partial charge >= 0.3 is 5.97 Å². The lowest BCUT2D eigenvalue weighted by Gasteiger charge is -2.02. The van der Waals surface area contributed by atoms with Crippen LogP contribution in [0.4, 0.5) is 0 Å². The van der Waals surface area contributed by atoms with Gasteiger partial charge in [0.15, 0.2) is 0 Å². The number of unbranched alkanes of at least 4 members (excludes halogenated alkanes) is 3. The molecule has 0 amide bonds. The van der Waals surface area contributed by atoms with Gasteiger partial charge in [0.2, 0.25) is 0 Å². The van der Waals surface area contributed by atoms with Crippen LogP contribution in [0, 0.1) is 5.92 Å². The molecule has 116 valence electrons. The Morgan fingerprint density at radius 1 is 1.00 bits per heavy atom. The Kier molecular flexibility index (Phi) is 18.9. The molecule has 0 aromatic rings. The van der Waals surface area contributed by atoms with Crippen LogP contribution in [-0.2, 0) is 4.79 Å². The zero-order chi connectivity index (χ0) is 14.9. The van der Waals surface area contributed by atoms with Gasteiger partial charge in [-0.25, -0.2) is 0 Å². The number of nitrogens with one attached hydrogen (secondary N) is 1. The smallest absolute Gasteiger partial charge is 0.303 e. The monoisotopic (exact) mass is 277 g/mol. The zero-order valence-corrected chi connectivity index (χ0v) is 12.4. The molecule has 5 nitrogen and oxygen atoms in total. The molecule has 5 heteroatoms. The van der Waals surface area contributed by atoms with Crippen LogP contribution < -0.4 is 5.32 Å². The topological polar surface area (TPSA) is 89.8 Å². The number of hydrogen-bond acceptors (Lipinski definition) is 4. The number of aliphatic hydroxyl groups is 2. The van der Waals surface area contributed by atoms with E-state index in [1.165, 1.54) is 19.3 Å². The highest BCUT2D eigenvalue weighted by molar-refractivity contribution is 5.66. The summed E-state index contributed by atoms with van der Waals surface area (Å²) < 4.78 is 0. The molecule has 0 fully saturated rings. The van der Waals surface area contributed by atoms with Crippen molar-refractivity contribution in [2.75, 3.05) is 26.3 Å². The van der Waals surface area contributed by atoms with Crippen LogP contribution in [0.5, 0.6) is 0 Å². The van der Waals surface area contributed by atoms with E-state index in [2.05, 4.69) is 19.2 Å². The molecule has 0 aliphatic carbocycles. The number of aliphatic carboxylic acids is 1. The first kappa shape index (κ1) is 20.7. The summed E-state index contributed by atoms with van der Waals surface area (Å²) in [6.45, 7) is 5.86. The Morgan fingerprint density at radius 2 is 1.53 bits per heavy atom. The molecule has 0 bridgehead atoms. The number of aliphatic hydroxyl groups excluding tert-OH is 2. The summed E-state index contributed by atoms with van der Waals surface area (Å²) in [5.74, 6) is 0.114. The highest BCUT2D eigenvalue weighted by atomic mass is 16.4. The number of hydrogen-bond donors (Lipinski definition) is 4. The average molecular weight is 277 g/mol. The average Bonchev–Trinajstić information content (AvgIpc) is 2.34. The fourth-order valence-corrected chi connectivity index (χ4v) is 1.47. The fraction of sp³-hybridized carbons (Fsp3) is 0.929. The first-order valence-electron chi connectivity index (χ1n) is 7.18. The van der Waals surface area contributed by atoms with Crippen LogP contribution in [-0.4, -0.2) is 47.6 Å². The van der Waals surface area contributed by atoms with Gasteiger partial charge in [0.25, 0.3) is 0 Å². The quantitative estimate of drug-likeness (QED) is 0.431. The molecule has 19 heavy (non-hydrogen) atoms. The molecule has 0 rings (SSSR count). The summed E-state index contributed by atoms with van der Waals surface area (Å²) in [7, 11) is 0. The molecule has 0 aliphatic heterocycles. The van der Waals surface area contributed by atoms with Crippen LogP contribution in [0.25, 0.3) is 0 Å². The second-order valence-electron chi connectivity index (χ2n) is 4.94. The second kappa shape index (κ2) is 17.4. The summed E-state index contributed by atoms with van der Waals surface area (Å²) in [4.78, 5) is 10.1. The van der Waals surface area contributed by atoms with Crippen molar-refractivity contribution in [3.05, 3.63) is 0 Å². The van der Waals surface area contributed by atoms with Crippen molar-refractivity contribution in [2.45, 2.75) is 52.4 Å². The maximum atomic E-state index is 10.1. The lowest BCUT2D eigenvalue weighted by Crippen LogP contribution is -2.21. The van der Waals surface area contributed by atoms with E-state index in [1.54, 1.807) is 0 Å². The highest BCUT2D eigenvalue weighted by Gasteiger charge is 1.97. The van der Waals surface area contributed by atoms with Crippen molar-refractivity contribution >= 4 is 5.97 Å². The van der Waals surface area contributed by atoms with Gasteiger partial charge in [-0.3, -0.25) is 4.79 Å². The molecule has 0 heterocycles. The van der Waals surface area contributed by atoms with Crippen LogP contribution in [0.3, 0.4) is 0 Å². The minimum Gasteiger partial charge on any atom is -0.481 e. The highest BCUT2D eigenvalue weighted by Crippen LogP contribution is 2.10. The molecule has 4 N–H and O–H groups in total. The van der Waals surface area contributed by atoms with E-state index in [4.69, 9.17) is 15.3 Å². The Bertz CT molecular complexity index is 182. The Hall–Kier alpha value is -0.650. The summed E-state index contributed by atoms with van der Waals surface area (Å²) >= 11 is 0. The molecule has 0 saturated heterocycles. The number of carbonyl (C=O) groups is 1. The summed E-state index contributed by atoms with van der Waals surface area (Å²) in [5, 5.41) is 27.4. The molecule has 0 aliphatic rings. The van der Waals surface area contributed by atoms with Gasteiger partial charge < -0.3 is 20.6 Å². The van der Waals surface area contributed by atoms with E-state index in [-0.39, 0.29) is 13.2 Å². The minimum atomic E-state index is -0.668. The lowest BCUT2D eigenvalue weighted by atomic mass is 10.0. The van der Waals surface area contributed by atoms with Crippen LogP contribution in [0.15, 0.2) is 0 Å². The van der Waals surface area contributed by atoms with Crippen LogP contribution >= 0.6 is 0 Å². The maximum Gasteiger partial charge on any atom is 0.303 e. The molecule has 0 unspecified atom stereocenters. The molecule has 0 saturated carbocycles. The predicted molar refractivity (Wildman–Crippen MR) is 77.2 cm³/mol. The molecule has 0 atom stereocenters. The normalized spacial score (nSPS) is 10.2. The van der Waals surface area contributed by atoms with Crippen molar-refractivity contribution < 1.29 is 20.1 Å². The third-order valence-electron chi connectivity index (χ3n) is 2.50. The number of carboxylic acids is 1. The van der Waals surface area contributed by atoms with E-state index in [0.717, 1.165) is 18.8 Å². The van der Waals surface area contributed by atoms with E-state index < -0.39 is 5.97 Å². The Labute approximate surface area is 117 Å². The van der Waals surface area contributed by atoms with Crippen molar-refractivity contribution in [1.29, 1.82) is 0 Å². The van der Waals surface area contributed by atoms with E-state index in [1.807, 2.05) is 0 Å². The SMILES string of the molecule is CC(C)CCCCCCC(=O)O.OCCNCCO. The molecule has 0 aromatic heterocycles. The van der Waals surface area contributed by atoms with Gasteiger partial charge in [-0.05, 0) is 12.3 Å². The molecular formula is C14H31NO4. The minimum absolute atomic E-state index is 0.139. The number of rotatable bonds is 11. The molecule has 0 radical (unpaired) electrons. The maximum absolute atomic E-state index is 10.1.